The number of ether oxygens (including phenoxy) is 1. The number of aromatic nitrogens is 2. The Morgan fingerprint density at radius 1 is 1.13 bits per heavy atom. The highest BCUT2D eigenvalue weighted by atomic mass is 16.5. The van der Waals surface area contributed by atoms with Gasteiger partial charge in [0.25, 0.3) is 5.91 Å². The summed E-state index contributed by atoms with van der Waals surface area (Å²) in [6.45, 7) is 2.12. The summed E-state index contributed by atoms with van der Waals surface area (Å²) >= 11 is 0. The molecule has 2 aromatic carbocycles. The molecule has 1 N–H and O–H groups in total. The van der Waals surface area contributed by atoms with Crippen molar-refractivity contribution in [1.29, 1.82) is 0 Å². The van der Waals surface area contributed by atoms with Crippen LogP contribution in [0.25, 0.3) is 0 Å². The van der Waals surface area contributed by atoms with Crippen molar-refractivity contribution in [3.8, 4) is 5.75 Å². The second-order valence-corrected chi connectivity index (χ2v) is 8.14. The quantitative estimate of drug-likeness (QED) is 0.704. The molecule has 1 aromatic heterocycles. The summed E-state index contributed by atoms with van der Waals surface area (Å²) < 4.78 is 7.82. The van der Waals surface area contributed by atoms with Gasteiger partial charge in [-0.25, -0.2) is 0 Å². The summed E-state index contributed by atoms with van der Waals surface area (Å²) in [6, 6.07) is 17.8. The Bertz CT molecular complexity index is 1100. The van der Waals surface area contributed by atoms with E-state index in [4.69, 9.17) is 4.74 Å². The lowest BCUT2D eigenvalue weighted by atomic mass is 10.0. The molecule has 0 fully saturated rings. The van der Waals surface area contributed by atoms with Crippen LogP contribution in [0.2, 0.25) is 0 Å². The van der Waals surface area contributed by atoms with Gasteiger partial charge in [0.2, 0.25) is 0 Å². The minimum atomic E-state index is -0.132. The van der Waals surface area contributed by atoms with E-state index in [0.717, 1.165) is 28.3 Å². The Morgan fingerprint density at radius 2 is 1.90 bits per heavy atom. The Hall–Kier alpha value is -3.32. The van der Waals surface area contributed by atoms with Crippen molar-refractivity contribution in [2.45, 2.75) is 25.6 Å². The minimum Gasteiger partial charge on any atom is -0.489 e. The lowest BCUT2D eigenvalue weighted by Gasteiger charge is -2.34. The number of para-hydroxylation sites is 2. The zero-order valence-electron chi connectivity index (χ0n) is 17.6. The van der Waals surface area contributed by atoms with Crippen LogP contribution in [-0.2, 0) is 19.6 Å². The van der Waals surface area contributed by atoms with Crippen molar-refractivity contribution >= 4 is 11.6 Å². The molecular formula is C24H26N4O3. The van der Waals surface area contributed by atoms with Gasteiger partial charge in [0.1, 0.15) is 12.4 Å². The van der Waals surface area contributed by atoms with E-state index in [1.54, 1.807) is 4.68 Å². The molecule has 0 unspecified atom stereocenters. The summed E-state index contributed by atoms with van der Waals surface area (Å²) in [5.41, 5.74) is 4.16. The third kappa shape index (κ3) is 3.55. The van der Waals surface area contributed by atoms with Crippen LogP contribution in [0.1, 0.15) is 27.3 Å². The number of rotatable bonds is 4. The van der Waals surface area contributed by atoms with E-state index in [-0.39, 0.29) is 18.6 Å². The lowest BCUT2D eigenvalue weighted by Crippen LogP contribution is -2.51. The second-order valence-electron chi connectivity index (χ2n) is 8.14. The van der Waals surface area contributed by atoms with Crippen LogP contribution in [0.3, 0.4) is 0 Å². The third-order valence-corrected chi connectivity index (χ3v) is 6.19. The molecule has 3 aromatic rings. The van der Waals surface area contributed by atoms with E-state index < -0.39 is 0 Å². The van der Waals surface area contributed by atoms with Crippen molar-refractivity contribution in [2.75, 3.05) is 31.6 Å². The zero-order chi connectivity index (χ0) is 21.4. The molecule has 31 heavy (non-hydrogen) atoms. The first-order valence-electron chi connectivity index (χ1n) is 10.6. The highest BCUT2D eigenvalue weighted by Crippen LogP contribution is 2.32. The van der Waals surface area contributed by atoms with Crippen LogP contribution >= 0.6 is 0 Å². The molecule has 7 nitrogen and oxygen atoms in total. The van der Waals surface area contributed by atoms with Crippen molar-refractivity contribution in [3.63, 3.8) is 0 Å². The SMILES string of the molecule is CN1C[C@H](N2CCc3c(nn(Cc4ccccc4)c3CO)C2=O)COc2ccccc21. The molecule has 1 amide bonds. The fraction of sp³-hybridized carbons (Fsp3) is 0.333. The normalized spacial score (nSPS) is 18.3. The third-order valence-electron chi connectivity index (χ3n) is 6.19. The van der Waals surface area contributed by atoms with E-state index in [2.05, 4.69) is 10.00 Å². The van der Waals surface area contributed by atoms with Gasteiger partial charge >= 0.3 is 0 Å². The maximum absolute atomic E-state index is 13.4. The number of hydrogen-bond acceptors (Lipinski definition) is 5. The monoisotopic (exact) mass is 418 g/mol. The fourth-order valence-electron chi connectivity index (χ4n) is 4.59. The van der Waals surface area contributed by atoms with Crippen molar-refractivity contribution in [1.82, 2.24) is 14.7 Å². The van der Waals surface area contributed by atoms with Gasteiger partial charge in [-0.15, -0.1) is 0 Å². The van der Waals surface area contributed by atoms with Crippen molar-refractivity contribution < 1.29 is 14.6 Å². The first-order chi connectivity index (χ1) is 15.2. The summed E-state index contributed by atoms with van der Waals surface area (Å²) in [7, 11) is 2.03. The Labute approximate surface area is 181 Å². The Morgan fingerprint density at radius 3 is 2.71 bits per heavy atom. The minimum absolute atomic E-state index is 0.0742. The van der Waals surface area contributed by atoms with Crippen molar-refractivity contribution in [2.24, 2.45) is 0 Å². The molecule has 2 aliphatic rings. The topological polar surface area (TPSA) is 70.8 Å². The molecule has 7 heteroatoms. The molecule has 0 radical (unpaired) electrons. The molecular weight excluding hydrogens is 392 g/mol. The van der Waals surface area contributed by atoms with Crippen LogP contribution in [0, 0.1) is 0 Å². The average Bonchev–Trinajstić information content (AvgIpc) is 3.06. The molecule has 5 rings (SSSR count). The largest absolute Gasteiger partial charge is 0.489 e. The Balaban J connectivity index is 1.40. The summed E-state index contributed by atoms with van der Waals surface area (Å²) in [4.78, 5) is 17.5. The standard InChI is InChI=1S/C24H26N4O3/c1-26-14-18(16-31-22-10-6-5-9-20(22)26)27-12-11-19-21(15-29)28(25-23(19)24(27)30)13-17-7-3-2-4-8-17/h2-10,18,29H,11-16H2,1H3/t18-/m0/s1. The Kier molecular flexibility index (Phi) is 5.11. The zero-order valence-corrected chi connectivity index (χ0v) is 17.6. The highest BCUT2D eigenvalue weighted by Gasteiger charge is 2.36. The first kappa shape index (κ1) is 19.6. The number of carbonyl (C=O) groups is 1. The van der Waals surface area contributed by atoms with Gasteiger partial charge in [-0.2, -0.15) is 5.10 Å². The smallest absolute Gasteiger partial charge is 0.275 e. The molecule has 0 spiro atoms. The molecule has 160 valence electrons. The maximum Gasteiger partial charge on any atom is 0.275 e. The number of nitrogens with zero attached hydrogens (tertiary/aromatic N) is 4. The summed E-state index contributed by atoms with van der Waals surface area (Å²) in [5.74, 6) is 0.753. The van der Waals surface area contributed by atoms with Crippen LogP contribution in [0.15, 0.2) is 54.6 Å². The number of aliphatic hydroxyl groups excluding tert-OH is 1. The van der Waals surface area contributed by atoms with E-state index >= 15 is 0 Å². The molecule has 0 saturated carbocycles. The van der Waals surface area contributed by atoms with Crippen LogP contribution in [-0.4, -0.2) is 58.5 Å². The second kappa shape index (κ2) is 8.07. The lowest BCUT2D eigenvalue weighted by molar-refractivity contribution is 0.0603. The predicted octanol–water partition coefficient (Wildman–Crippen LogP) is 2.32. The molecule has 0 aliphatic carbocycles. The van der Waals surface area contributed by atoms with Gasteiger partial charge < -0.3 is 19.6 Å². The molecule has 1 atom stereocenters. The van der Waals surface area contributed by atoms with E-state index in [1.807, 2.05) is 66.5 Å². The van der Waals surface area contributed by atoms with Gasteiger partial charge in [-0.3, -0.25) is 9.48 Å². The summed E-state index contributed by atoms with van der Waals surface area (Å²) in [6.07, 6.45) is 0.679. The van der Waals surface area contributed by atoms with Crippen molar-refractivity contribution in [3.05, 3.63) is 77.1 Å². The van der Waals surface area contributed by atoms with Gasteiger partial charge in [0, 0.05) is 25.7 Å². The number of hydrogen-bond donors (Lipinski definition) is 1. The van der Waals surface area contributed by atoms with Gasteiger partial charge in [0.05, 0.1) is 30.6 Å². The number of fused-ring (bicyclic) bond motifs is 2. The fourth-order valence-corrected chi connectivity index (χ4v) is 4.59. The molecule has 3 heterocycles. The first-order valence-corrected chi connectivity index (χ1v) is 10.6. The van der Waals surface area contributed by atoms with Gasteiger partial charge in [-0.1, -0.05) is 42.5 Å². The number of anilines is 1. The number of amides is 1. The van der Waals surface area contributed by atoms with E-state index in [1.165, 1.54) is 0 Å². The molecule has 2 aliphatic heterocycles. The van der Waals surface area contributed by atoms with Gasteiger partial charge in [0.15, 0.2) is 5.69 Å². The number of aliphatic hydroxyl groups is 1. The highest BCUT2D eigenvalue weighted by molar-refractivity contribution is 5.95. The van der Waals surface area contributed by atoms with Gasteiger partial charge in [-0.05, 0) is 24.1 Å². The predicted molar refractivity (Wildman–Crippen MR) is 117 cm³/mol. The van der Waals surface area contributed by atoms with E-state index in [0.29, 0.717) is 38.4 Å². The number of likely N-dealkylation sites (N-methyl/N-ethyl adjacent to an activating group) is 1. The van der Waals surface area contributed by atoms with Crippen LogP contribution in [0.5, 0.6) is 5.75 Å². The average molecular weight is 418 g/mol. The maximum atomic E-state index is 13.4. The summed E-state index contributed by atoms with van der Waals surface area (Å²) in [5, 5.41) is 14.6. The molecule has 0 bridgehead atoms. The number of carbonyl (C=O) groups excluding carboxylic acids is 1. The van der Waals surface area contributed by atoms with E-state index in [9.17, 15) is 9.90 Å². The van der Waals surface area contributed by atoms with Crippen LogP contribution in [0.4, 0.5) is 5.69 Å². The van der Waals surface area contributed by atoms with Crippen LogP contribution < -0.4 is 9.64 Å². The number of benzene rings is 2. The molecule has 0 saturated heterocycles.